The molecule has 3 aromatic rings. The minimum Gasteiger partial charge on any atom is -0.351 e. The minimum atomic E-state index is -0.298. The maximum absolute atomic E-state index is 12.8. The first-order valence-corrected chi connectivity index (χ1v) is 8.34. The molecule has 3 rings (SSSR count). The molecule has 0 fully saturated rings. The molecule has 0 unspecified atom stereocenters. The van der Waals surface area contributed by atoms with Crippen LogP contribution in [0.15, 0.2) is 35.6 Å². The number of rotatable bonds is 6. The topological polar surface area (TPSA) is 85.6 Å². The van der Waals surface area contributed by atoms with E-state index in [1.54, 1.807) is 16.8 Å². The Morgan fingerprint density at radius 3 is 2.83 bits per heavy atom. The number of hydrogen-bond acceptors (Lipinski definition) is 6. The van der Waals surface area contributed by atoms with Gasteiger partial charge in [0.05, 0.1) is 5.75 Å². The SMILES string of the molecule is CCn1nnc2c(SCC(=O)NCc3ccc(F)cc3)ncnc21. The van der Waals surface area contributed by atoms with Gasteiger partial charge in [-0.05, 0) is 24.6 Å². The van der Waals surface area contributed by atoms with E-state index < -0.39 is 0 Å². The van der Waals surface area contributed by atoms with Gasteiger partial charge in [-0.1, -0.05) is 29.1 Å². The highest BCUT2D eigenvalue weighted by atomic mass is 32.2. The minimum absolute atomic E-state index is 0.140. The van der Waals surface area contributed by atoms with Gasteiger partial charge >= 0.3 is 0 Å². The van der Waals surface area contributed by atoms with Gasteiger partial charge in [0.2, 0.25) is 5.91 Å². The molecule has 0 atom stereocenters. The van der Waals surface area contributed by atoms with Crippen molar-refractivity contribution in [3.8, 4) is 0 Å². The number of halogens is 1. The third-order valence-electron chi connectivity index (χ3n) is 3.31. The number of aryl methyl sites for hydroxylation is 1. The van der Waals surface area contributed by atoms with Gasteiger partial charge in [0.1, 0.15) is 17.2 Å². The normalized spacial score (nSPS) is 10.9. The molecule has 124 valence electrons. The molecule has 0 spiro atoms. The van der Waals surface area contributed by atoms with Crippen LogP contribution in [0.25, 0.3) is 11.2 Å². The van der Waals surface area contributed by atoms with E-state index in [4.69, 9.17) is 0 Å². The Morgan fingerprint density at radius 1 is 1.29 bits per heavy atom. The second-order valence-electron chi connectivity index (χ2n) is 4.95. The van der Waals surface area contributed by atoms with Gasteiger partial charge in [-0.2, -0.15) is 0 Å². The highest BCUT2D eigenvalue weighted by molar-refractivity contribution is 8.00. The molecule has 1 N–H and O–H groups in total. The van der Waals surface area contributed by atoms with E-state index >= 15 is 0 Å². The van der Waals surface area contributed by atoms with Crippen LogP contribution in [0.3, 0.4) is 0 Å². The first kappa shape index (κ1) is 16.3. The molecule has 0 aliphatic carbocycles. The fourth-order valence-corrected chi connectivity index (χ4v) is 2.84. The zero-order valence-electron chi connectivity index (χ0n) is 12.9. The summed E-state index contributed by atoms with van der Waals surface area (Å²) in [4.78, 5) is 20.3. The molecular formula is C15H15FN6OS. The lowest BCUT2D eigenvalue weighted by Crippen LogP contribution is -2.24. The second kappa shape index (κ2) is 7.35. The molecule has 1 amide bonds. The van der Waals surface area contributed by atoms with Crippen LogP contribution < -0.4 is 5.32 Å². The maximum atomic E-state index is 12.8. The van der Waals surface area contributed by atoms with E-state index in [1.165, 1.54) is 30.2 Å². The number of fused-ring (bicyclic) bond motifs is 1. The van der Waals surface area contributed by atoms with Crippen LogP contribution in [-0.2, 0) is 17.9 Å². The number of benzene rings is 1. The summed E-state index contributed by atoms with van der Waals surface area (Å²) in [6.07, 6.45) is 1.44. The number of aromatic nitrogens is 5. The second-order valence-corrected chi connectivity index (χ2v) is 5.91. The first-order chi connectivity index (χ1) is 11.7. The average molecular weight is 346 g/mol. The van der Waals surface area contributed by atoms with Gasteiger partial charge in [-0.15, -0.1) is 5.10 Å². The molecule has 0 radical (unpaired) electrons. The number of carbonyl (C=O) groups is 1. The number of hydrogen-bond donors (Lipinski definition) is 1. The van der Waals surface area contributed by atoms with Crippen LogP contribution in [0.2, 0.25) is 0 Å². The predicted octanol–water partition coefficient (Wildman–Crippen LogP) is 1.79. The molecule has 0 saturated heterocycles. The Bertz CT molecular complexity index is 851. The summed E-state index contributed by atoms with van der Waals surface area (Å²) < 4.78 is 14.5. The third-order valence-corrected chi connectivity index (χ3v) is 4.29. The number of amides is 1. The van der Waals surface area contributed by atoms with Crippen molar-refractivity contribution in [1.29, 1.82) is 0 Å². The molecule has 7 nitrogen and oxygen atoms in total. The van der Waals surface area contributed by atoms with Crippen molar-refractivity contribution in [1.82, 2.24) is 30.3 Å². The van der Waals surface area contributed by atoms with E-state index in [2.05, 4.69) is 25.6 Å². The van der Waals surface area contributed by atoms with Gasteiger partial charge in [0.25, 0.3) is 0 Å². The van der Waals surface area contributed by atoms with Crippen molar-refractivity contribution in [3.63, 3.8) is 0 Å². The summed E-state index contributed by atoms with van der Waals surface area (Å²) in [7, 11) is 0. The number of nitrogens with zero attached hydrogens (tertiary/aromatic N) is 5. The molecule has 0 saturated carbocycles. The van der Waals surface area contributed by atoms with Crippen molar-refractivity contribution < 1.29 is 9.18 Å². The van der Waals surface area contributed by atoms with Gasteiger partial charge in [0, 0.05) is 13.1 Å². The molecule has 2 aromatic heterocycles. The predicted molar refractivity (Wildman–Crippen MR) is 87.8 cm³/mol. The van der Waals surface area contributed by atoms with Gasteiger partial charge in [0.15, 0.2) is 11.2 Å². The zero-order chi connectivity index (χ0) is 16.9. The van der Waals surface area contributed by atoms with Crippen LogP contribution in [0.5, 0.6) is 0 Å². The molecular weight excluding hydrogens is 331 g/mol. The summed E-state index contributed by atoms with van der Waals surface area (Å²) in [6, 6.07) is 6.01. The van der Waals surface area contributed by atoms with Crippen molar-refractivity contribution in [2.75, 3.05) is 5.75 Å². The summed E-state index contributed by atoms with van der Waals surface area (Å²) in [5.74, 6) is -0.237. The zero-order valence-corrected chi connectivity index (χ0v) is 13.8. The lowest BCUT2D eigenvalue weighted by Gasteiger charge is -2.05. The first-order valence-electron chi connectivity index (χ1n) is 7.35. The molecule has 2 heterocycles. The highest BCUT2D eigenvalue weighted by Gasteiger charge is 2.12. The van der Waals surface area contributed by atoms with Crippen molar-refractivity contribution in [2.45, 2.75) is 25.0 Å². The van der Waals surface area contributed by atoms with Crippen LogP contribution in [0, 0.1) is 5.82 Å². The fraction of sp³-hybridized carbons (Fsp3) is 0.267. The standard InChI is InChI=1S/C15H15FN6OS/c1-2-22-14-13(20-21-22)15(19-9-18-14)24-8-12(23)17-7-10-3-5-11(16)6-4-10/h3-6,9H,2,7-8H2,1H3,(H,17,23). The van der Waals surface area contributed by atoms with E-state index in [0.717, 1.165) is 5.56 Å². The molecule has 1 aromatic carbocycles. The molecule has 24 heavy (non-hydrogen) atoms. The smallest absolute Gasteiger partial charge is 0.230 e. The van der Waals surface area contributed by atoms with E-state index in [-0.39, 0.29) is 17.5 Å². The Morgan fingerprint density at radius 2 is 2.08 bits per heavy atom. The summed E-state index contributed by atoms with van der Waals surface area (Å²) in [5.41, 5.74) is 2.09. The van der Waals surface area contributed by atoms with Gasteiger partial charge < -0.3 is 5.32 Å². The Balaban J connectivity index is 1.58. The Labute approximate surface area is 141 Å². The monoisotopic (exact) mass is 346 g/mol. The Kier molecular flexibility index (Phi) is 4.99. The van der Waals surface area contributed by atoms with Crippen LogP contribution in [-0.4, -0.2) is 36.6 Å². The van der Waals surface area contributed by atoms with E-state index in [0.29, 0.717) is 29.3 Å². The number of thioether (sulfide) groups is 1. The van der Waals surface area contributed by atoms with Crippen LogP contribution in [0.4, 0.5) is 4.39 Å². The van der Waals surface area contributed by atoms with Crippen LogP contribution >= 0.6 is 11.8 Å². The largest absolute Gasteiger partial charge is 0.351 e. The van der Waals surface area contributed by atoms with Crippen LogP contribution in [0.1, 0.15) is 12.5 Å². The van der Waals surface area contributed by atoms with E-state index in [9.17, 15) is 9.18 Å². The molecule has 0 bridgehead atoms. The third kappa shape index (κ3) is 3.67. The summed E-state index contributed by atoms with van der Waals surface area (Å²) in [5, 5.41) is 11.5. The average Bonchev–Trinajstić information content (AvgIpc) is 3.03. The fourth-order valence-electron chi connectivity index (χ4n) is 2.08. The van der Waals surface area contributed by atoms with Gasteiger partial charge in [-0.25, -0.2) is 19.0 Å². The molecule has 0 aliphatic heterocycles. The lowest BCUT2D eigenvalue weighted by atomic mass is 10.2. The highest BCUT2D eigenvalue weighted by Crippen LogP contribution is 2.22. The molecule has 0 aliphatic rings. The maximum Gasteiger partial charge on any atom is 0.230 e. The van der Waals surface area contributed by atoms with Crippen molar-refractivity contribution >= 4 is 28.8 Å². The quantitative estimate of drug-likeness (QED) is 0.541. The Hall–Kier alpha value is -2.55. The van der Waals surface area contributed by atoms with E-state index in [1.807, 2.05) is 6.92 Å². The van der Waals surface area contributed by atoms with Crippen molar-refractivity contribution in [2.24, 2.45) is 0 Å². The van der Waals surface area contributed by atoms with Gasteiger partial charge in [-0.3, -0.25) is 4.79 Å². The lowest BCUT2D eigenvalue weighted by molar-refractivity contribution is -0.118. The van der Waals surface area contributed by atoms with Crippen molar-refractivity contribution in [3.05, 3.63) is 42.0 Å². The summed E-state index contributed by atoms with van der Waals surface area (Å²) in [6.45, 7) is 2.96. The number of nitrogens with one attached hydrogen (secondary N) is 1. The number of carbonyl (C=O) groups excluding carboxylic acids is 1. The molecule has 9 heteroatoms. The summed E-state index contributed by atoms with van der Waals surface area (Å²) >= 11 is 1.28.